The molecule has 6 heteroatoms. The van der Waals surface area contributed by atoms with Gasteiger partial charge in [0.25, 0.3) is 11.8 Å². The number of hydrogen-bond donors (Lipinski definition) is 1. The highest BCUT2D eigenvalue weighted by Crippen LogP contribution is 2.31. The van der Waals surface area contributed by atoms with Gasteiger partial charge in [-0.05, 0) is 62.2 Å². The summed E-state index contributed by atoms with van der Waals surface area (Å²) in [6.07, 6.45) is 0.918. The summed E-state index contributed by atoms with van der Waals surface area (Å²) in [4.78, 5) is 27.0. The summed E-state index contributed by atoms with van der Waals surface area (Å²) < 4.78 is 11.1. The Morgan fingerprint density at radius 3 is 2.03 bits per heavy atom. The van der Waals surface area contributed by atoms with E-state index in [0.29, 0.717) is 36.6 Å². The van der Waals surface area contributed by atoms with Crippen LogP contribution in [0, 0.1) is 0 Å². The van der Waals surface area contributed by atoms with E-state index in [0.717, 1.165) is 17.9 Å². The van der Waals surface area contributed by atoms with Crippen molar-refractivity contribution in [1.29, 1.82) is 0 Å². The molecule has 152 valence electrons. The number of carbonyl (C=O) groups is 2. The molecule has 0 fully saturated rings. The van der Waals surface area contributed by atoms with Crippen LogP contribution in [0.5, 0.6) is 11.5 Å². The molecule has 0 aliphatic carbocycles. The molecule has 0 aromatic heterocycles. The van der Waals surface area contributed by atoms with E-state index in [-0.39, 0.29) is 17.5 Å². The maximum absolute atomic E-state index is 12.9. The summed E-state index contributed by atoms with van der Waals surface area (Å²) in [6, 6.07) is 14.6. The number of likely N-dealkylation sites (N-methyl/N-ethyl adjacent to an activating group) is 1. The summed E-state index contributed by atoms with van der Waals surface area (Å²) in [6.45, 7) is 7.28. The van der Waals surface area contributed by atoms with Gasteiger partial charge in [-0.25, -0.2) is 0 Å². The van der Waals surface area contributed by atoms with Crippen LogP contribution in [0.3, 0.4) is 0 Å². The molecule has 0 unspecified atom stereocenters. The molecule has 2 aromatic rings. The quantitative estimate of drug-likeness (QED) is 0.649. The first-order valence-corrected chi connectivity index (χ1v) is 9.92. The lowest BCUT2D eigenvalue weighted by atomic mass is 10.0. The first-order valence-electron chi connectivity index (χ1n) is 9.92. The maximum atomic E-state index is 12.9. The molecule has 0 radical (unpaired) electrons. The van der Waals surface area contributed by atoms with Gasteiger partial charge in [-0.15, -0.1) is 0 Å². The van der Waals surface area contributed by atoms with Crippen LogP contribution in [-0.2, 0) is 9.59 Å². The van der Waals surface area contributed by atoms with Crippen molar-refractivity contribution >= 4 is 23.1 Å². The van der Waals surface area contributed by atoms with E-state index < -0.39 is 0 Å². The number of rotatable bonds is 9. The average Bonchev–Trinajstić information content (AvgIpc) is 2.97. The van der Waals surface area contributed by atoms with Crippen molar-refractivity contribution < 1.29 is 19.1 Å². The summed E-state index contributed by atoms with van der Waals surface area (Å²) in [7, 11) is 0. The summed E-state index contributed by atoms with van der Waals surface area (Å²) in [5, 5.41) is 3.13. The lowest BCUT2D eigenvalue weighted by Crippen LogP contribution is -2.32. The first-order chi connectivity index (χ1) is 14.1. The molecule has 0 atom stereocenters. The first kappa shape index (κ1) is 20.5. The molecule has 1 aliphatic rings. The van der Waals surface area contributed by atoms with Crippen LogP contribution in [0.4, 0.5) is 5.69 Å². The van der Waals surface area contributed by atoms with Gasteiger partial charge in [0.05, 0.1) is 18.8 Å². The van der Waals surface area contributed by atoms with Crippen LogP contribution in [0.15, 0.2) is 54.2 Å². The van der Waals surface area contributed by atoms with Gasteiger partial charge in [0.15, 0.2) is 0 Å². The van der Waals surface area contributed by atoms with Crippen molar-refractivity contribution in [2.75, 3.05) is 25.1 Å². The summed E-state index contributed by atoms with van der Waals surface area (Å²) >= 11 is 0. The number of hydrogen-bond acceptors (Lipinski definition) is 5. The number of imide groups is 1. The van der Waals surface area contributed by atoms with Crippen molar-refractivity contribution in [2.45, 2.75) is 27.2 Å². The molecule has 1 aliphatic heterocycles. The van der Waals surface area contributed by atoms with Crippen molar-refractivity contribution in [3.63, 3.8) is 0 Å². The van der Waals surface area contributed by atoms with Crippen LogP contribution in [-0.4, -0.2) is 36.5 Å². The fourth-order valence-corrected chi connectivity index (χ4v) is 3.13. The van der Waals surface area contributed by atoms with Crippen LogP contribution < -0.4 is 14.8 Å². The molecule has 3 rings (SSSR count). The zero-order valence-corrected chi connectivity index (χ0v) is 17.0. The van der Waals surface area contributed by atoms with Crippen molar-refractivity contribution in [3.05, 3.63) is 59.8 Å². The fourth-order valence-electron chi connectivity index (χ4n) is 3.13. The Hall–Kier alpha value is -3.28. The fraction of sp³-hybridized carbons (Fsp3) is 0.304. The number of amides is 2. The SMILES string of the molecule is CCCOc1ccc(C2=C(Nc3ccc(OCC)cc3)C(=O)N(CC)C2=O)cc1. The van der Waals surface area contributed by atoms with E-state index >= 15 is 0 Å². The van der Waals surface area contributed by atoms with E-state index in [4.69, 9.17) is 9.47 Å². The topological polar surface area (TPSA) is 67.9 Å². The Labute approximate surface area is 171 Å². The molecule has 2 amide bonds. The van der Waals surface area contributed by atoms with Gasteiger partial charge in [0.2, 0.25) is 0 Å². The third kappa shape index (κ3) is 4.42. The Bertz CT molecular complexity index is 901. The number of benzene rings is 2. The van der Waals surface area contributed by atoms with E-state index in [9.17, 15) is 9.59 Å². The zero-order valence-electron chi connectivity index (χ0n) is 17.0. The highest BCUT2D eigenvalue weighted by molar-refractivity contribution is 6.36. The zero-order chi connectivity index (χ0) is 20.8. The van der Waals surface area contributed by atoms with E-state index in [1.807, 2.05) is 62.4 Å². The normalized spacial score (nSPS) is 13.8. The molecule has 1 heterocycles. The number of nitrogens with zero attached hydrogens (tertiary/aromatic N) is 1. The molecule has 0 saturated heterocycles. The molecule has 0 bridgehead atoms. The maximum Gasteiger partial charge on any atom is 0.278 e. The molecular formula is C23H26N2O4. The van der Waals surface area contributed by atoms with Gasteiger partial charge in [-0.1, -0.05) is 19.1 Å². The molecule has 2 aromatic carbocycles. The van der Waals surface area contributed by atoms with Gasteiger partial charge < -0.3 is 14.8 Å². The second-order valence-corrected chi connectivity index (χ2v) is 6.56. The predicted molar refractivity (Wildman–Crippen MR) is 113 cm³/mol. The predicted octanol–water partition coefficient (Wildman–Crippen LogP) is 4.09. The second kappa shape index (κ2) is 9.28. The molecule has 0 spiro atoms. The lowest BCUT2D eigenvalue weighted by molar-refractivity contribution is -0.136. The Morgan fingerprint density at radius 2 is 1.45 bits per heavy atom. The Kier molecular flexibility index (Phi) is 6.54. The van der Waals surface area contributed by atoms with E-state index in [1.165, 1.54) is 4.90 Å². The van der Waals surface area contributed by atoms with Crippen LogP contribution in [0.1, 0.15) is 32.8 Å². The Balaban J connectivity index is 1.93. The van der Waals surface area contributed by atoms with E-state index in [2.05, 4.69) is 5.32 Å². The van der Waals surface area contributed by atoms with Crippen LogP contribution in [0.2, 0.25) is 0 Å². The van der Waals surface area contributed by atoms with Gasteiger partial charge >= 0.3 is 0 Å². The molecular weight excluding hydrogens is 368 g/mol. The van der Waals surface area contributed by atoms with Crippen LogP contribution in [0.25, 0.3) is 5.57 Å². The summed E-state index contributed by atoms with van der Waals surface area (Å²) in [5.74, 6) is 0.862. The standard InChI is InChI=1S/C23H26N2O4/c1-4-15-29-19-11-7-16(8-12-19)20-21(23(27)25(5-2)22(20)26)24-17-9-13-18(14-10-17)28-6-3/h7-14,24H,4-6,15H2,1-3H3. The van der Waals surface area contributed by atoms with Gasteiger partial charge in [-0.2, -0.15) is 0 Å². The largest absolute Gasteiger partial charge is 0.494 e. The highest BCUT2D eigenvalue weighted by atomic mass is 16.5. The minimum absolute atomic E-state index is 0.281. The number of carbonyl (C=O) groups excluding carboxylic acids is 2. The summed E-state index contributed by atoms with van der Waals surface area (Å²) in [5.41, 5.74) is 2.04. The minimum atomic E-state index is -0.326. The van der Waals surface area contributed by atoms with Gasteiger partial charge in [0.1, 0.15) is 17.2 Å². The van der Waals surface area contributed by atoms with Crippen LogP contribution >= 0.6 is 0 Å². The highest BCUT2D eigenvalue weighted by Gasteiger charge is 2.38. The number of anilines is 1. The van der Waals surface area contributed by atoms with Crippen molar-refractivity contribution in [2.24, 2.45) is 0 Å². The molecule has 29 heavy (non-hydrogen) atoms. The van der Waals surface area contributed by atoms with Gasteiger partial charge in [-0.3, -0.25) is 14.5 Å². The van der Waals surface area contributed by atoms with Gasteiger partial charge in [0, 0.05) is 12.2 Å². The van der Waals surface area contributed by atoms with Crippen molar-refractivity contribution in [3.8, 4) is 11.5 Å². The average molecular weight is 394 g/mol. The monoisotopic (exact) mass is 394 g/mol. The lowest BCUT2D eigenvalue weighted by Gasteiger charge is -2.12. The number of nitrogens with one attached hydrogen (secondary N) is 1. The molecule has 1 N–H and O–H groups in total. The molecule has 6 nitrogen and oxygen atoms in total. The molecule has 0 saturated carbocycles. The van der Waals surface area contributed by atoms with E-state index in [1.54, 1.807) is 6.92 Å². The Morgan fingerprint density at radius 1 is 0.828 bits per heavy atom. The second-order valence-electron chi connectivity index (χ2n) is 6.56. The minimum Gasteiger partial charge on any atom is -0.494 e. The third-order valence-electron chi connectivity index (χ3n) is 4.53. The number of ether oxygens (including phenoxy) is 2. The third-order valence-corrected chi connectivity index (χ3v) is 4.53. The smallest absolute Gasteiger partial charge is 0.278 e. The van der Waals surface area contributed by atoms with Crippen molar-refractivity contribution in [1.82, 2.24) is 4.90 Å².